The second-order valence-corrected chi connectivity index (χ2v) is 5.59. The zero-order valence-electron chi connectivity index (χ0n) is 12.8. The van der Waals surface area contributed by atoms with Crippen molar-refractivity contribution in [3.63, 3.8) is 0 Å². The van der Waals surface area contributed by atoms with Crippen molar-refractivity contribution in [1.82, 2.24) is 0 Å². The Balaban J connectivity index is 1.93. The molecule has 0 spiro atoms. The van der Waals surface area contributed by atoms with E-state index in [0.717, 1.165) is 16.1 Å². The number of benzene rings is 2. The fourth-order valence-electron chi connectivity index (χ4n) is 1.88. The predicted octanol–water partition coefficient (Wildman–Crippen LogP) is 4.04. The molecule has 0 bridgehead atoms. The number of hydrogen-bond donors (Lipinski definition) is 0. The Morgan fingerprint density at radius 2 is 1.96 bits per heavy atom. The molecule has 0 aliphatic carbocycles. The van der Waals surface area contributed by atoms with Crippen molar-refractivity contribution >= 4 is 33.8 Å². The minimum absolute atomic E-state index is 0.0416. The van der Waals surface area contributed by atoms with Crippen LogP contribution in [0.4, 0.5) is 4.39 Å². The Kier molecular flexibility index (Phi) is 6.26. The van der Waals surface area contributed by atoms with Gasteiger partial charge in [-0.3, -0.25) is 4.79 Å². The van der Waals surface area contributed by atoms with E-state index in [0.29, 0.717) is 0 Å². The normalized spacial score (nSPS) is 10.6. The summed E-state index contributed by atoms with van der Waals surface area (Å²) in [5.41, 5.74) is 0.911. The van der Waals surface area contributed by atoms with Crippen LogP contribution in [0.5, 0.6) is 5.75 Å². The van der Waals surface area contributed by atoms with E-state index in [2.05, 4.69) is 15.9 Å². The van der Waals surface area contributed by atoms with Gasteiger partial charge in [0.25, 0.3) is 0 Å². The first-order chi connectivity index (χ1) is 11.5. The molecule has 124 valence electrons. The fraction of sp³-hybridized carbons (Fsp3) is 0.111. The molecule has 2 aromatic carbocycles. The van der Waals surface area contributed by atoms with Gasteiger partial charge in [0.2, 0.25) is 0 Å². The monoisotopic (exact) mass is 392 g/mol. The third-order valence-electron chi connectivity index (χ3n) is 3.12. The van der Waals surface area contributed by atoms with E-state index in [1.807, 2.05) is 24.3 Å². The molecule has 0 atom stereocenters. The highest BCUT2D eigenvalue weighted by Gasteiger charge is 2.12. The quantitative estimate of drug-likeness (QED) is 0.423. The van der Waals surface area contributed by atoms with Crippen molar-refractivity contribution in [2.75, 3.05) is 13.7 Å². The molecule has 4 nitrogen and oxygen atoms in total. The summed E-state index contributed by atoms with van der Waals surface area (Å²) >= 11 is 3.35. The molecular weight excluding hydrogens is 379 g/mol. The van der Waals surface area contributed by atoms with Gasteiger partial charge in [-0.2, -0.15) is 0 Å². The van der Waals surface area contributed by atoms with Gasteiger partial charge in [-0.05, 0) is 35.9 Å². The van der Waals surface area contributed by atoms with Crippen molar-refractivity contribution in [2.45, 2.75) is 0 Å². The molecule has 0 saturated carbocycles. The van der Waals surface area contributed by atoms with Gasteiger partial charge in [0.15, 0.2) is 24.0 Å². The number of halogens is 2. The van der Waals surface area contributed by atoms with E-state index in [-0.39, 0.29) is 11.3 Å². The van der Waals surface area contributed by atoms with Gasteiger partial charge in [0.1, 0.15) is 0 Å². The van der Waals surface area contributed by atoms with Crippen LogP contribution in [0.1, 0.15) is 15.9 Å². The summed E-state index contributed by atoms with van der Waals surface area (Å²) in [6.07, 6.45) is 2.80. The summed E-state index contributed by atoms with van der Waals surface area (Å²) in [6.45, 7) is -0.467. The van der Waals surface area contributed by atoms with Crippen molar-refractivity contribution < 1.29 is 23.5 Å². The minimum atomic E-state index is -0.659. The minimum Gasteiger partial charge on any atom is -0.494 e. The average molecular weight is 393 g/mol. The lowest BCUT2D eigenvalue weighted by Crippen LogP contribution is -2.12. The van der Waals surface area contributed by atoms with Gasteiger partial charge in [-0.1, -0.05) is 34.1 Å². The molecule has 0 aliphatic heterocycles. The highest BCUT2D eigenvalue weighted by Crippen LogP contribution is 2.18. The number of ether oxygens (including phenoxy) is 2. The summed E-state index contributed by atoms with van der Waals surface area (Å²) in [5, 5.41) is 0. The van der Waals surface area contributed by atoms with Crippen LogP contribution in [-0.4, -0.2) is 25.5 Å². The Morgan fingerprint density at radius 1 is 1.21 bits per heavy atom. The van der Waals surface area contributed by atoms with Crippen molar-refractivity contribution in [3.05, 3.63) is 70.0 Å². The number of methoxy groups -OCH3 is 1. The van der Waals surface area contributed by atoms with Gasteiger partial charge in [0, 0.05) is 16.1 Å². The van der Waals surface area contributed by atoms with Crippen LogP contribution in [0, 0.1) is 5.82 Å². The molecule has 2 rings (SSSR count). The van der Waals surface area contributed by atoms with Crippen LogP contribution in [-0.2, 0) is 9.53 Å². The molecular formula is C18H14BrFO4. The Hall–Kier alpha value is -2.47. The van der Waals surface area contributed by atoms with E-state index in [1.165, 1.54) is 25.3 Å². The Morgan fingerprint density at radius 3 is 2.62 bits per heavy atom. The van der Waals surface area contributed by atoms with Crippen LogP contribution >= 0.6 is 15.9 Å². The molecule has 0 saturated heterocycles. The van der Waals surface area contributed by atoms with Crippen molar-refractivity contribution in [1.29, 1.82) is 0 Å². The number of Topliss-reactive ketones (excluding diaryl/α,β-unsaturated/α-hetero) is 1. The molecule has 0 amide bonds. The Bertz CT molecular complexity index is 786. The average Bonchev–Trinajstić information content (AvgIpc) is 2.58. The second-order valence-electron chi connectivity index (χ2n) is 4.74. The van der Waals surface area contributed by atoms with Gasteiger partial charge in [0.05, 0.1) is 7.11 Å². The van der Waals surface area contributed by atoms with Gasteiger partial charge in [-0.25, -0.2) is 9.18 Å². The lowest BCUT2D eigenvalue weighted by atomic mass is 10.1. The van der Waals surface area contributed by atoms with Crippen LogP contribution in [0.25, 0.3) is 6.08 Å². The number of carbonyl (C=O) groups excluding carboxylic acids is 2. The number of esters is 1. The number of carbonyl (C=O) groups is 2. The molecule has 0 unspecified atom stereocenters. The highest BCUT2D eigenvalue weighted by molar-refractivity contribution is 9.10. The maximum absolute atomic E-state index is 13.6. The van der Waals surface area contributed by atoms with Crippen LogP contribution in [0.3, 0.4) is 0 Å². The van der Waals surface area contributed by atoms with Crippen LogP contribution in [0.2, 0.25) is 0 Å². The molecule has 0 N–H and O–H groups in total. The second kappa shape index (κ2) is 8.40. The van der Waals surface area contributed by atoms with Gasteiger partial charge in [-0.15, -0.1) is 0 Å². The maximum Gasteiger partial charge on any atom is 0.331 e. The summed E-state index contributed by atoms with van der Waals surface area (Å²) in [4.78, 5) is 23.6. The fourth-order valence-corrected chi connectivity index (χ4v) is 2.29. The topological polar surface area (TPSA) is 52.6 Å². The molecule has 0 aliphatic rings. The largest absolute Gasteiger partial charge is 0.494 e. The maximum atomic E-state index is 13.6. The first-order valence-corrected chi connectivity index (χ1v) is 7.76. The molecule has 6 heteroatoms. The molecule has 0 heterocycles. The molecule has 0 aromatic heterocycles. The van der Waals surface area contributed by atoms with E-state index in [9.17, 15) is 14.0 Å². The number of rotatable bonds is 6. The van der Waals surface area contributed by atoms with E-state index in [1.54, 1.807) is 6.08 Å². The van der Waals surface area contributed by atoms with E-state index < -0.39 is 24.2 Å². The Labute approximate surface area is 147 Å². The third kappa shape index (κ3) is 4.76. The third-order valence-corrected chi connectivity index (χ3v) is 3.85. The smallest absolute Gasteiger partial charge is 0.331 e. The zero-order chi connectivity index (χ0) is 17.5. The summed E-state index contributed by atoms with van der Waals surface area (Å²) in [6, 6.07) is 11.1. The molecule has 2 aromatic rings. The van der Waals surface area contributed by atoms with E-state index in [4.69, 9.17) is 9.47 Å². The lowest BCUT2D eigenvalue weighted by molar-refractivity contribution is -0.136. The standard InChI is InChI=1S/C18H14BrFO4/c1-23-17-8-6-13(10-15(17)20)16(21)11-24-18(22)9-7-12-4-2-3-5-14(12)19/h2-10H,11H2,1H3/b9-7+. The zero-order valence-corrected chi connectivity index (χ0v) is 14.4. The number of ketones is 1. The van der Waals surface area contributed by atoms with Gasteiger partial charge < -0.3 is 9.47 Å². The summed E-state index contributed by atoms with van der Waals surface area (Å²) in [7, 11) is 1.33. The number of hydrogen-bond acceptors (Lipinski definition) is 4. The first-order valence-electron chi connectivity index (χ1n) is 6.97. The summed E-state index contributed by atoms with van der Waals surface area (Å²) in [5.74, 6) is -1.77. The lowest BCUT2D eigenvalue weighted by Gasteiger charge is -2.05. The van der Waals surface area contributed by atoms with Crippen molar-refractivity contribution in [3.8, 4) is 5.75 Å². The predicted molar refractivity (Wildman–Crippen MR) is 91.4 cm³/mol. The highest BCUT2D eigenvalue weighted by atomic mass is 79.9. The van der Waals surface area contributed by atoms with Crippen LogP contribution < -0.4 is 4.74 Å². The SMILES string of the molecule is COc1ccc(C(=O)COC(=O)/C=C/c2ccccc2Br)cc1F. The first kappa shape index (κ1) is 17.9. The van der Waals surface area contributed by atoms with Gasteiger partial charge >= 0.3 is 5.97 Å². The molecule has 0 radical (unpaired) electrons. The molecule has 24 heavy (non-hydrogen) atoms. The molecule has 0 fully saturated rings. The van der Waals surface area contributed by atoms with Crippen LogP contribution in [0.15, 0.2) is 53.0 Å². The van der Waals surface area contributed by atoms with Crippen molar-refractivity contribution in [2.24, 2.45) is 0 Å². The summed E-state index contributed by atoms with van der Waals surface area (Å²) < 4.78 is 24.0. The van der Waals surface area contributed by atoms with E-state index >= 15 is 0 Å².